The Labute approximate surface area is 120 Å². The third kappa shape index (κ3) is 2.88. The van der Waals surface area contributed by atoms with Crippen LogP contribution in [0.1, 0.15) is 12.8 Å². The molecule has 3 rings (SSSR count). The van der Waals surface area contributed by atoms with Gasteiger partial charge in [0.1, 0.15) is 12.9 Å². The predicted octanol–water partition coefficient (Wildman–Crippen LogP) is 0.439. The maximum Gasteiger partial charge on any atom is 0.246 e. The number of carbonyl (C=O) groups excluding carboxylic acids is 2. The molecule has 21 heavy (non-hydrogen) atoms. The normalized spacial score (nSPS) is 14.5. The highest BCUT2D eigenvalue weighted by molar-refractivity contribution is 6.01. The third-order valence-electron chi connectivity index (χ3n) is 3.24. The fourth-order valence-corrected chi connectivity index (χ4v) is 2.31. The molecule has 8 heteroatoms. The van der Waals surface area contributed by atoms with Gasteiger partial charge in [-0.15, -0.1) is 5.10 Å². The lowest BCUT2D eigenvalue weighted by molar-refractivity contribution is -0.118. The van der Waals surface area contributed by atoms with Gasteiger partial charge >= 0.3 is 0 Å². The smallest absolute Gasteiger partial charge is 0.246 e. The van der Waals surface area contributed by atoms with Crippen molar-refractivity contribution >= 4 is 23.2 Å². The van der Waals surface area contributed by atoms with Crippen molar-refractivity contribution in [3.05, 3.63) is 30.6 Å². The molecule has 1 saturated heterocycles. The molecule has 0 saturated carbocycles. The van der Waals surface area contributed by atoms with E-state index in [1.54, 1.807) is 11.0 Å². The summed E-state index contributed by atoms with van der Waals surface area (Å²) in [6.07, 6.45) is 2.76. The van der Waals surface area contributed by atoms with Crippen molar-refractivity contribution in [3.63, 3.8) is 0 Å². The van der Waals surface area contributed by atoms with Gasteiger partial charge in [-0.2, -0.15) is 0 Å². The number of nitrogens with zero attached hydrogens (tertiary/aromatic N) is 5. The molecule has 0 bridgehead atoms. The summed E-state index contributed by atoms with van der Waals surface area (Å²) in [6, 6.07) is 7.27. The van der Waals surface area contributed by atoms with Gasteiger partial charge in [0.2, 0.25) is 11.8 Å². The second-order valence-electron chi connectivity index (χ2n) is 4.72. The zero-order valence-electron chi connectivity index (χ0n) is 11.3. The number of aromatic nitrogens is 4. The number of para-hydroxylation sites is 2. The van der Waals surface area contributed by atoms with Crippen LogP contribution in [0.4, 0.5) is 11.4 Å². The minimum Gasteiger partial charge on any atom is -0.323 e. The number of nitrogens with one attached hydrogen (secondary N) is 1. The van der Waals surface area contributed by atoms with Crippen LogP contribution in [0.5, 0.6) is 0 Å². The summed E-state index contributed by atoms with van der Waals surface area (Å²) in [5.74, 6) is -0.168. The summed E-state index contributed by atoms with van der Waals surface area (Å²) in [7, 11) is 0. The lowest BCUT2D eigenvalue weighted by atomic mass is 10.2. The van der Waals surface area contributed by atoms with Crippen LogP contribution in [0.25, 0.3) is 0 Å². The largest absolute Gasteiger partial charge is 0.323 e. The minimum absolute atomic E-state index is 0.0231. The topological polar surface area (TPSA) is 93.0 Å². The highest BCUT2D eigenvalue weighted by Crippen LogP contribution is 2.29. The molecule has 2 aromatic rings. The van der Waals surface area contributed by atoms with Crippen LogP contribution in [0.3, 0.4) is 0 Å². The van der Waals surface area contributed by atoms with Crippen LogP contribution in [-0.4, -0.2) is 38.6 Å². The molecule has 1 aromatic carbocycles. The molecule has 0 unspecified atom stereocenters. The summed E-state index contributed by atoms with van der Waals surface area (Å²) >= 11 is 0. The number of anilines is 2. The summed E-state index contributed by atoms with van der Waals surface area (Å²) in [5.41, 5.74) is 1.34. The van der Waals surface area contributed by atoms with Crippen LogP contribution in [0.2, 0.25) is 0 Å². The van der Waals surface area contributed by atoms with E-state index in [-0.39, 0.29) is 18.4 Å². The molecule has 0 atom stereocenters. The van der Waals surface area contributed by atoms with E-state index < -0.39 is 0 Å². The summed E-state index contributed by atoms with van der Waals surface area (Å²) in [6.45, 7) is 0.702. The first kappa shape index (κ1) is 13.2. The second-order valence-corrected chi connectivity index (χ2v) is 4.72. The summed E-state index contributed by atoms with van der Waals surface area (Å²) in [4.78, 5) is 25.6. The molecule has 1 aromatic heterocycles. The fraction of sp³-hybridized carbons (Fsp3) is 0.308. The lowest BCUT2D eigenvalue weighted by Gasteiger charge is -2.19. The Bertz CT molecular complexity index is 654. The molecular weight excluding hydrogens is 272 g/mol. The van der Waals surface area contributed by atoms with E-state index in [4.69, 9.17) is 0 Å². The van der Waals surface area contributed by atoms with E-state index >= 15 is 0 Å². The van der Waals surface area contributed by atoms with Gasteiger partial charge in [0.15, 0.2) is 0 Å². The van der Waals surface area contributed by atoms with Crippen LogP contribution < -0.4 is 10.2 Å². The average Bonchev–Trinajstić information content (AvgIpc) is 3.11. The molecule has 1 N–H and O–H groups in total. The van der Waals surface area contributed by atoms with Crippen LogP contribution in [-0.2, 0) is 16.1 Å². The van der Waals surface area contributed by atoms with E-state index in [0.29, 0.717) is 18.7 Å². The van der Waals surface area contributed by atoms with Crippen LogP contribution in [0, 0.1) is 0 Å². The van der Waals surface area contributed by atoms with E-state index in [9.17, 15) is 9.59 Å². The second kappa shape index (κ2) is 5.70. The molecule has 2 heterocycles. The highest BCUT2D eigenvalue weighted by Gasteiger charge is 2.24. The Morgan fingerprint density at radius 1 is 1.33 bits per heavy atom. The van der Waals surface area contributed by atoms with Crippen molar-refractivity contribution < 1.29 is 9.59 Å². The average molecular weight is 286 g/mol. The van der Waals surface area contributed by atoms with Crippen molar-refractivity contribution in [2.45, 2.75) is 19.4 Å². The van der Waals surface area contributed by atoms with Gasteiger partial charge in [0, 0.05) is 13.0 Å². The lowest BCUT2D eigenvalue weighted by Crippen LogP contribution is -2.26. The maximum atomic E-state index is 12.0. The first-order valence-electron chi connectivity index (χ1n) is 6.64. The molecule has 8 nitrogen and oxygen atoms in total. The summed E-state index contributed by atoms with van der Waals surface area (Å²) < 4.78 is 1.33. The molecule has 1 aliphatic rings. The van der Waals surface area contributed by atoms with Gasteiger partial charge in [0.05, 0.1) is 11.4 Å². The van der Waals surface area contributed by atoms with E-state index in [1.807, 2.05) is 18.2 Å². The van der Waals surface area contributed by atoms with Crippen molar-refractivity contribution in [1.29, 1.82) is 0 Å². The van der Waals surface area contributed by atoms with Crippen molar-refractivity contribution in [2.24, 2.45) is 0 Å². The van der Waals surface area contributed by atoms with Gasteiger partial charge in [-0.1, -0.05) is 12.1 Å². The van der Waals surface area contributed by atoms with Crippen LogP contribution >= 0.6 is 0 Å². The Hall–Kier alpha value is -2.77. The minimum atomic E-state index is -0.249. The van der Waals surface area contributed by atoms with Gasteiger partial charge in [-0.05, 0) is 29.0 Å². The molecular formula is C13H14N6O2. The number of amides is 2. The number of hydrogen-bond acceptors (Lipinski definition) is 5. The molecule has 2 amide bonds. The highest BCUT2D eigenvalue weighted by atomic mass is 16.2. The number of carbonyl (C=O) groups is 2. The number of benzene rings is 1. The van der Waals surface area contributed by atoms with Gasteiger partial charge in [-0.3, -0.25) is 9.59 Å². The Balaban J connectivity index is 1.76. The zero-order valence-corrected chi connectivity index (χ0v) is 11.3. The van der Waals surface area contributed by atoms with E-state index in [2.05, 4.69) is 20.8 Å². The van der Waals surface area contributed by atoms with Crippen molar-refractivity contribution in [1.82, 2.24) is 20.2 Å². The fourth-order valence-electron chi connectivity index (χ4n) is 2.31. The molecule has 0 spiro atoms. The van der Waals surface area contributed by atoms with E-state index in [0.717, 1.165) is 12.1 Å². The first-order valence-corrected chi connectivity index (χ1v) is 6.64. The van der Waals surface area contributed by atoms with Crippen molar-refractivity contribution in [2.75, 3.05) is 16.8 Å². The third-order valence-corrected chi connectivity index (χ3v) is 3.24. The quantitative estimate of drug-likeness (QED) is 0.880. The Morgan fingerprint density at radius 3 is 2.90 bits per heavy atom. The SMILES string of the molecule is O=C(Cn1cnnn1)Nc1ccccc1N1CCCC1=O. The van der Waals surface area contributed by atoms with Crippen LogP contribution in [0.15, 0.2) is 30.6 Å². The predicted molar refractivity (Wildman–Crippen MR) is 74.5 cm³/mol. The number of rotatable bonds is 4. The molecule has 108 valence electrons. The monoisotopic (exact) mass is 286 g/mol. The molecule has 0 radical (unpaired) electrons. The first-order chi connectivity index (χ1) is 10.2. The molecule has 1 fully saturated rings. The molecule has 0 aliphatic carbocycles. The van der Waals surface area contributed by atoms with Gasteiger partial charge in [0.25, 0.3) is 0 Å². The zero-order chi connectivity index (χ0) is 14.7. The number of hydrogen-bond donors (Lipinski definition) is 1. The molecule has 1 aliphatic heterocycles. The van der Waals surface area contributed by atoms with Crippen molar-refractivity contribution in [3.8, 4) is 0 Å². The Kier molecular flexibility index (Phi) is 3.59. The summed E-state index contributed by atoms with van der Waals surface area (Å²) in [5, 5.41) is 13.4. The Morgan fingerprint density at radius 2 is 2.19 bits per heavy atom. The standard InChI is InChI=1S/C13H14N6O2/c20-12(8-18-9-14-16-17-18)15-10-4-1-2-5-11(10)19-7-3-6-13(19)21/h1-2,4-5,9H,3,6-8H2,(H,15,20). The van der Waals surface area contributed by atoms with Gasteiger partial charge in [-0.25, -0.2) is 4.68 Å². The van der Waals surface area contributed by atoms with Gasteiger partial charge < -0.3 is 10.2 Å². The van der Waals surface area contributed by atoms with E-state index in [1.165, 1.54) is 11.0 Å². The number of tetrazole rings is 1. The maximum absolute atomic E-state index is 12.0.